The van der Waals surface area contributed by atoms with E-state index in [-0.39, 0.29) is 0 Å². The first-order chi connectivity index (χ1) is 7.79. The number of nitrogens with zero attached hydrogens (tertiary/aromatic N) is 1. The Morgan fingerprint density at radius 2 is 2.19 bits per heavy atom. The Morgan fingerprint density at radius 1 is 1.44 bits per heavy atom. The van der Waals surface area contributed by atoms with E-state index in [1.54, 1.807) is 16.8 Å². The van der Waals surface area contributed by atoms with E-state index in [0.717, 1.165) is 23.6 Å². The fourth-order valence-corrected chi connectivity index (χ4v) is 3.14. The summed E-state index contributed by atoms with van der Waals surface area (Å²) in [6.45, 7) is 2.25. The third kappa shape index (κ3) is 2.91. The fourth-order valence-electron chi connectivity index (χ4n) is 2.54. The average Bonchev–Trinajstić information content (AvgIpc) is 2.82. The van der Waals surface area contributed by atoms with Gasteiger partial charge in [-0.3, -0.25) is 9.78 Å². The van der Waals surface area contributed by atoms with E-state index in [1.807, 2.05) is 6.20 Å². The van der Waals surface area contributed by atoms with Crippen LogP contribution >= 0.6 is 11.3 Å². The number of ketones is 1. The maximum atomic E-state index is 12.0. The lowest BCUT2D eigenvalue weighted by atomic mass is 9.78. The molecule has 0 atom stereocenters. The SMILES string of the molecule is CCC1CCC(C(=O)Cc2cncs2)CC1. The molecule has 2 nitrogen and oxygen atoms in total. The summed E-state index contributed by atoms with van der Waals surface area (Å²) in [4.78, 5) is 17.2. The Bertz CT molecular complexity index is 326. The van der Waals surface area contributed by atoms with Crippen molar-refractivity contribution in [2.24, 2.45) is 11.8 Å². The molecule has 0 bridgehead atoms. The van der Waals surface area contributed by atoms with Gasteiger partial charge in [0.2, 0.25) is 0 Å². The molecule has 0 aromatic carbocycles. The van der Waals surface area contributed by atoms with E-state index >= 15 is 0 Å². The van der Waals surface area contributed by atoms with Crippen molar-refractivity contribution in [3.63, 3.8) is 0 Å². The molecule has 16 heavy (non-hydrogen) atoms. The lowest BCUT2D eigenvalue weighted by molar-refractivity contribution is -0.123. The van der Waals surface area contributed by atoms with Gasteiger partial charge in [-0.05, 0) is 31.6 Å². The number of carbonyl (C=O) groups is 1. The van der Waals surface area contributed by atoms with Gasteiger partial charge in [0.15, 0.2) is 0 Å². The Morgan fingerprint density at radius 3 is 2.75 bits per heavy atom. The van der Waals surface area contributed by atoms with Gasteiger partial charge in [0.05, 0.1) is 5.51 Å². The molecular formula is C13H19NOS. The molecule has 1 aliphatic carbocycles. The van der Waals surface area contributed by atoms with Gasteiger partial charge in [0.25, 0.3) is 0 Å². The van der Waals surface area contributed by atoms with Crippen molar-refractivity contribution in [2.45, 2.75) is 45.4 Å². The molecule has 1 saturated carbocycles. The highest BCUT2D eigenvalue weighted by atomic mass is 32.1. The average molecular weight is 237 g/mol. The quantitative estimate of drug-likeness (QED) is 0.802. The first-order valence-corrected chi connectivity index (χ1v) is 7.07. The zero-order valence-electron chi connectivity index (χ0n) is 9.82. The number of hydrogen-bond acceptors (Lipinski definition) is 3. The molecule has 88 valence electrons. The Hall–Kier alpha value is -0.700. The second kappa shape index (κ2) is 5.58. The largest absolute Gasteiger partial charge is 0.299 e. The van der Waals surface area contributed by atoms with E-state index in [4.69, 9.17) is 0 Å². The minimum Gasteiger partial charge on any atom is -0.299 e. The monoisotopic (exact) mass is 237 g/mol. The Kier molecular flexibility index (Phi) is 4.10. The molecule has 3 heteroatoms. The van der Waals surface area contributed by atoms with Gasteiger partial charge in [0.1, 0.15) is 5.78 Å². The third-order valence-corrected chi connectivity index (χ3v) is 4.49. The molecule has 0 spiro atoms. The van der Waals surface area contributed by atoms with Crippen LogP contribution in [0.1, 0.15) is 43.9 Å². The Labute approximate surface area is 101 Å². The smallest absolute Gasteiger partial charge is 0.141 e. The van der Waals surface area contributed by atoms with E-state index in [2.05, 4.69) is 11.9 Å². The second-order valence-corrected chi connectivity index (χ2v) is 5.71. The number of aromatic nitrogens is 1. The summed E-state index contributed by atoms with van der Waals surface area (Å²) < 4.78 is 0. The fraction of sp³-hybridized carbons (Fsp3) is 0.692. The van der Waals surface area contributed by atoms with Gasteiger partial charge in [-0.1, -0.05) is 13.3 Å². The first kappa shape index (κ1) is 11.8. The number of hydrogen-bond donors (Lipinski definition) is 0. The van der Waals surface area contributed by atoms with Crippen LogP contribution in [-0.2, 0) is 11.2 Å². The summed E-state index contributed by atoms with van der Waals surface area (Å²) in [5.41, 5.74) is 1.80. The van der Waals surface area contributed by atoms with Crippen LogP contribution in [-0.4, -0.2) is 10.8 Å². The van der Waals surface area contributed by atoms with Crippen LogP contribution in [0, 0.1) is 11.8 Å². The molecule has 1 aromatic rings. The molecule has 0 radical (unpaired) electrons. The van der Waals surface area contributed by atoms with Crippen LogP contribution in [0.4, 0.5) is 0 Å². The van der Waals surface area contributed by atoms with Crippen LogP contribution in [0.5, 0.6) is 0 Å². The minimum absolute atomic E-state index is 0.324. The summed E-state index contributed by atoms with van der Waals surface area (Å²) >= 11 is 1.59. The number of Topliss-reactive ketones (excluding diaryl/α,β-unsaturated/α-hetero) is 1. The molecule has 0 N–H and O–H groups in total. The number of rotatable bonds is 4. The Balaban J connectivity index is 1.82. The summed E-state index contributed by atoms with van der Waals surface area (Å²) in [7, 11) is 0. The van der Waals surface area contributed by atoms with Gasteiger partial charge in [-0.15, -0.1) is 11.3 Å². The molecule has 0 aliphatic heterocycles. The summed E-state index contributed by atoms with van der Waals surface area (Å²) in [5, 5.41) is 0. The highest BCUT2D eigenvalue weighted by molar-refractivity contribution is 7.09. The molecule has 0 saturated heterocycles. The van der Waals surface area contributed by atoms with E-state index in [1.165, 1.54) is 19.3 Å². The molecule has 0 unspecified atom stereocenters. The van der Waals surface area contributed by atoms with Crippen molar-refractivity contribution in [1.29, 1.82) is 0 Å². The molecule has 1 heterocycles. The zero-order valence-corrected chi connectivity index (χ0v) is 10.6. The van der Waals surface area contributed by atoms with Crippen molar-refractivity contribution in [1.82, 2.24) is 4.98 Å². The standard InChI is InChI=1S/C13H19NOS/c1-2-10-3-5-11(6-4-10)13(15)7-12-8-14-9-16-12/h8-11H,2-7H2,1H3. The molecule has 0 amide bonds. The lowest BCUT2D eigenvalue weighted by Crippen LogP contribution is -2.22. The van der Waals surface area contributed by atoms with Gasteiger partial charge < -0.3 is 0 Å². The maximum Gasteiger partial charge on any atom is 0.141 e. The van der Waals surface area contributed by atoms with Crippen LogP contribution in [0.2, 0.25) is 0 Å². The number of thiazole rings is 1. The molecule has 2 rings (SSSR count). The highest BCUT2D eigenvalue weighted by Gasteiger charge is 2.25. The molecule has 1 fully saturated rings. The van der Waals surface area contributed by atoms with Gasteiger partial charge in [-0.2, -0.15) is 0 Å². The van der Waals surface area contributed by atoms with E-state index in [0.29, 0.717) is 18.1 Å². The zero-order chi connectivity index (χ0) is 11.4. The maximum absolute atomic E-state index is 12.0. The van der Waals surface area contributed by atoms with Crippen molar-refractivity contribution in [3.05, 3.63) is 16.6 Å². The topological polar surface area (TPSA) is 30.0 Å². The van der Waals surface area contributed by atoms with Gasteiger partial charge in [0, 0.05) is 23.4 Å². The van der Waals surface area contributed by atoms with Gasteiger partial charge in [-0.25, -0.2) is 0 Å². The minimum atomic E-state index is 0.324. The summed E-state index contributed by atoms with van der Waals surface area (Å²) in [6.07, 6.45) is 8.40. The molecule has 1 aliphatic rings. The van der Waals surface area contributed by atoms with Crippen molar-refractivity contribution in [2.75, 3.05) is 0 Å². The van der Waals surface area contributed by atoms with Crippen LogP contribution in [0.3, 0.4) is 0 Å². The van der Waals surface area contributed by atoms with E-state index < -0.39 is 0 Å². The third-order valence-electron chi connectivity index (χ3n) is 3.71. The predicted molar refractivity (Wildman–Crippen MR) is 66.6 cm³/mol. The van der Waals surface area contributed by atoms with Crippen molar-refractivity contribution < 1.29 is 4.79 Å². The van der Waals surface area contributed by atoms with Crippen LogP contribution in [0.25, 0.3) is 0 Å². The number of carbonyl (C=O) groups excluding carboxylic acids is 1. The normalized spacial score (nSPS) is 25.6. The predicted octanol–water partition coefficient (Wildman–Crippen LogP) is 3.47. The summed E-state index contributed by atoms with van der Waals surface area (Å²) in [6, 6.07) is 0. The van der Waals surface area contributed by atoms with Crippen molar-refractivity contribution >= 4 is 17.1 Å². The second-order valence-electron chi connectivity index (χ2n) is 4.74. The molecular weight excluding hydrogens is 218 g/mol. The summed E-state index contributed by atoms with van der Waals surface area (Å²) in [5.74, 6) is 1.62. The first-order valence-electron chi connectivity index (χ1n) is 6.19. The van der Waals surface area contributed by atoms with Crippen molar-refractivity contribution in [3.8, 4) is 0 Å². The highest BCUT2D eigenvalue weighted by Crippen LogP contribution is 2.31. The van der Waals surface area contributed by atoms with E-state index in [9.17, 15) is 4.79 Å². The molecule has 1 aromatic heterocycles. The van der Waals surface area contributed by atoms with Crippen LogP contribution in [0.15, 0.2) is 11.7 Å². The van der Waals surface area contributed by atoms with Crippen LogP contribution < -0.4 is 0 Å². The lowest BCUT2D eigenvalue weighted by Gasteiger charge is -2.26. The van der Waals surface area contributed by atoms with Gasteiger partial charge >= 0.3 is 0 Å².